The molecule has 7 nitrogen and oxygen atoms in total. The zero-order valence-corrected chi connectivity index (χ0v) is 16.9. The molecular weight excluding hydrogens is 401 g/mol. The minimum Gasteiger partial charge on any atom is -0.484 e. The van der Waals surface area contributed by atoms with Crippen LogP contribution in [0.5, 0.6) is 5.75 Å². The van der Waals surface area contributed by atoms with Gasteiger partial charge in [0, 0.05) is 24.2 Å². The van der Waals surface area contributed by atoms with Crippen molar-refractivity contribution >= 4 is 23.4 Å². The standard InChI is InChI=1S/C20H25ClFN3O4/c1-10-14(8-29-25-10)20(27)24-18-7-17(12-3-4-13(12)18)23-19(26)9-28-11-2-5-15(21)16(22)6-11/h2,5-6,10,12-14,17-18,25H,3-4,7-9H2,1H3,(H,23,26)(H,24,27)/t10?,12?,13?,14?,17-,18?/m0/s1. The van der Waals surface area contributed by atoms with Gasteiger partial charge in [-0.1, -0.05) is 11.6 Å². The van der Waals surface area contributed by atoms with Crippen LogP contribution in [0.1, 0.15) is 26.2 Å². The predicted molar refractivity (Wildman–Crippen MR) is 104 cm³/mol. The first-order valence-electron chi connectivity index (χ1n) is 9.97. The molecule has 6 atom stereocenters. The van der Waals surface area contributed by atoms with E-state index in [0.717, 1.165) is 18.9 Å². The van der Waals surface area contributed by atoms with Crippen LogP contribution in [0.4, 0.5) is 4.39 Å². The van der Waals surface area contributed by atoms with Crippen molar-refractivity contribution in [2.45, 2.75) is 44.3 Å². The van der Waals surface area contributed by atoms with Crippen LogP contribution < -0.4 is 20.9 Å². The molecule has 4 rings (SSSR count). The minimum absolute atomic E-state index is 0.00164. The second-order valence-corrected chi connectivity index (χ2v) is 8.53. The lowest BCUT2D eigenvalue weighted by molar-refractivity contribution is -0.126. The number of hydrogen-bond acceptors (Lipinski definition) is 5. The van der Waals surface area contributed by atoms with E-state index in [1.165, 1.54) is 12.1 Å². The van der Waals surface area contributed by atoms with Crippen LogP contribution in [0.3, 0.4) is 0 Å². The summed E-state index contributed by atoms with van der Waals surface area (Å²) in [6.07, 6.45) is 2.80. The van der Waals surface area contributed by atoms with Gasteiger partial charge in [0.05, 0.1) is 17.5 Å². The third-order valence-electron chi connectivity index (χ3n) is 6.33. The Kier molecular flexibility index (Phi) is 5.94. The highest BCUT2D eigenvalue weighted by molar-refractivity contribution is 6.30. The fraction of sp³-hybridized carbons (Fsp3) is 0.600. The topological polar surface area (TPSA) is 88.7 Å². The van der Waals surface area contributed by atoms with Crippen molar-refractivity contribution in [3.63, 3.8) is 0 Å². The number of nitrogens with one attached hydrogen (secondary N) is 3. The first-order chi connectivity index (χ1) is 13.9. The van der Waals surface area contributed by atoms with E-state index in [4.69, 9.17) is 21.2 Å². The number of carbonyl (C=O) groups excluding carboxylic acids is 2. The molecule has 158 valence electrons. The molecule has 2 saturated carbocycles. The number of fused-ring (bicyclic) bond motifs is 1. The first kappa shape index (κ1) is 20.4. The lowest BCUT2D eigenvalue weighted by Crippen LogP contribution is -2.46. The molecule has 0 aromatic heterocycles. The monoisotopic (exact) mass is 425 g/mol. The summed E-state index contributed by atoms with van der Waals surface area (Å²) in [4.78, 5) is 30.0. The number of amides is 2. The molecule has 1 aromatic carbocycles. The number of hydroxylamine groups is 1. The third kappa shape index (κ3) is 4.34. The van der Waals surface area contributed by atoms with E-state index in [1.807, 2.05) is 6.92 Å². The van der Waals surface area contributed by atoms with Crippen LogP contribution >= 0.6 is 11.6 Å². The van der Waals surface area contributed by atoms with Gasteiger partial charge in [0.1, 0.15) is 11.6 Å². The van der Waals surface area contributed by atoms with Crippen LogP contribution in [-0.2, 0) is 14.4 Å². The Hall–Kier alpha value is -1.90. The first-order valence-corrected chi connectivity index (χ1v) is 10.3. The Morgan fingerprint density at radius 2 is 2.00 bits per heavy atom. The zero-order chi connectivity index (χ0) is 20.5. The molecule has 0 bridgehead atoms. The molecule has 1 saturated heterocycles. The molecule has 5 unspecified atom stereocenters. The van der Waals surface area contributed by atoms with Gasteiger partial charge in [-0.05, 0) is 50.2 Å². The largest absolute Gasteiger partial charge is 0.484 e. The van der Waals surface area contributed by atoms with Gasteiger partial charge in [0.15, 0.2) is 6.61 Å². The summed E-state index contributed by atoms with van der Waals surface area (Å²) in [5, 5.41) is 6.18. The van der Waals surface area contributed by atoms with E-state index in [1.54, 1.807) is 0 Å². The molecular formula is C20H25ClFN3O4. The average molecular weight is 426 g/mol. The fourth-order valence-electron chi connectivity index (χ4n) is 4.56. The van der Waals surface area contributed by atoms with Gasteiger partial charge in [0.2, 0.25) is 5.91 Å². The molecule has 1 heterocycles. The van der Waals surface area contributed by atoms with Gasteiger partial charge >= 0.3 is 0 Å². The molecule has 0 spiro atoms. The maximum absolute atomic E-state index is 13.5. The zero-order valence-electron chi connectivity index (χ0n) is 16.1. The summed E-state index contributed by atoms with van der Waals surface area (Å²) in [6, 6.07) is 4.11. The maximum atomic E-state index is 13.5. The number of carbonyl (C=O) groups is 2. The number of hydrogen-bond donors (Lipinski definition) is 3. The maximum Gasteiger partial charge on any atom is 0.258 e. The van der Waals surface area contributed by atoms with Gasteiger partial charge in [-0.2, -0.15) is 5.48 Å². The Bertz CT molecular complexity index is 795. The lowest BCUT2D eigenvalue weighted by Gasteiger charge is -2.36. The molecule has 3 aliphatic rings. The van der Waals surface area contributed by atoms with Crippen LogP contribution in [0.15, 0.2) is 18.2 Å². The minimum atomic E-state index is -0.589. The number of rotatable bonds is 6. The van der Waals surface area contributed by atoms with Gasteiger partial charge in [-0.15, -0.1) is 0 Å². The van der Waals surface area contributed by atoms with E-state index >= 15 is 0 Å². The van der Waals surface area contributed by atoms with E-state index in [-0.39, 0.29) is 53.2 Å². The second kappa shape index (κ2) is 8.45. The van der Waals surface area contributed by atoms with Crippen molar-refractivity contribution < 1.29 is 23.6 Å². The van der Waals surface area contributed by atoms with Crippen LogP contribution in [0.25, 0.3) is 0 Å². The molecule has 2 aliphatic carbocycles. The summed E-state index contributed by atoms with van der Waals surface area (Å²) >= 11 is 5.64. The molecule has 9 heteroatoms. The Morgan fingerprint density at radius 1 is 1.28 bits per heavy atom. The van der Waals surface area contributed by atoms with Crippen molar-refractivity contribution in [2.24, 2.45) is 17.8 Å². The summed E-state index contributed by atoms with van der Waals surface area (Å²) in [6.45, 7) is 2.10. The molecule has 3 fully saturated rings. The van der Waals surface area contributed by atoms with Crippen molar-refractivity contribution in [1.29, 1.82) is 0 Å². The van der Waals surface area contributed by atoms with Crippen molar-refractivity contribution in [3.05, 3.63) is 29.0 Å². The Balaban J connectivity index is 1.27. The summed E-state index contributed by atoms with van der Waals surface area (Å²) in [5.74, 6) is -0.0395. The average Bonchev–Trinajstić information content (AvgIpc) is 3.16. The second-order valence-electron chi connectivity index (χ2n) is 8.12. The number of benzene rings is 1. The highest BCUT2D eigenvalue weighted by Gasteiger charge is 2.50. The van der Waals surface area contributed by atoms with E-state index < -0.39 is 5.82 Å². The van der Waals surface area contributed by atoms with Crippen molar-refractivity contribution in [3.8, 4) is 5.75 Å². The SMILES string of the molecule is CC1NOCC1C(=O)NC1C[C@H](NC(=O)COc2ccc(Cl)c(F)c2)C2CCC12. The third-order valence-corrected chi connectivity index (χ3v) is 6.64. The van der Waals surface area contributed by atoms with Gasteiger partial charge in [0.25, 0.3) is 5.91 Å². The van der Waals surface area contributed by atoms with E-state index in [2.05, 4.69) is 16.1 Å². The molecule has 29 heavy (non-hydrogen) atoms. The summed E-state index contributed by atoms with van der Waals surface area (Å²) < 4.78 is 18.8. The van der Waals surface area contributed by atoms with Gasteiger partial charge in [-0.25, -0.2) is 4.39 Å². The van der Waals surface area contributed by atoms with Crippen LogP contribution in [-0.4, -0.2) is 43.2 Å². The molecule has 0 radical (unpaired) electrons. The highest BCUT2D eigenvalue weighted by atomic mass is 35.5. The van der Waals surface area contributed by atoms with Gasteiger partial charge < -0.3 is 20.2 Å². The van der Waals surface area contributed by atoms with E-state index in [0.29, 0.717) is 24.9 Å². The predicted octanol–water partition coefficient (Wildman–Crippen LogP) is 1.80. The highest BCUT2D eigenvalue weighted by Crippen LogP contribution is 2.47. The molecule has 2 amide bonds. The van der Waals surface area contributed by atoms with Crippen molar-refractivity contribution in [2.75, 3.05) is 13.2 Å². The Labute approximate surface area is 173 Å². The molecule has 1 aromatic rings. The number of ether oxygens (including phenoxy) is 1. The summed E-state index contributed by atoms with van der Waals surface area (Å²) in [7, 11) is 0. The summed E-state index contributed by atoms with van der Waals surface area (Å²) in [5.41, 5.74) is 2.82. The normalized spacial score (nSPS) is 32.9. The van der Waals surface area contributed by atoms with Crippen LogP contribution in [0.2, 0.25) is 5.02 Å². The van der Waals surface area contributed by atoms with Crippen LogP contribution in [0, 0.1) is 23.6 Å². The quantitative estimate of drug-likeness (QED) is 0.646. The smallest absolute Gasteiger partial charge is 0.258 e. The number of halogens is 2. The van der Waals surface area contributed by atoms with Gasteiger partial charge in [-0.3, -0.25) is 9.59 Å². The lowest BCUT2D eigenvalue weighted by atomic mass is 9.73. The van der Waals surface area contributed by atoms with E-state index in [9.17, 15) is 14.0 Å². The van der Waals surface area contributed by atoms with Crippen molar-refractivity contribution in [1.82, 2.24) is 16.1 Å². The molecule has 1 aliphatic heterocycles. The Morgan fingerprint density at radius 3 is 2.62 bits per heavy atom. The molecule has 3 N–H and O–H groups in total. The fourth-order valence-corrected chi connectivity index (χ4v) is 4.68.